The van der Waals surface area contributed by atoms with Crippen molar-refractivity contribution in [1.29, 1.82) is 0 Å². The average molecular weight is 338 g/mol. The van der Waals surface area contributed by atoms with E-state index < -0.39 is 30.9 Å². The number of carbonyl (C=O) groups is 1. The molecule has 0 aliphatic heterocycles. The minimum absolute atomic E-state index is 0.0608. The molecule has 0 saturated heterocycles. The third-order valence-electron chi connectivity index (χ3n) is 1.99. The highest BCUT2D eigenvalue weighted by atomic mass is 35.5. The summed E-state index contributed by atoms with van der Waals surface area (Å²) in [6.07, 6.45) is -4.50. The van der Waals surface area contributed by atoms with E-state index in [0.29, 0.717) is 0 Å². The molecule has 0 bridgehead atoms. The molecule has 3 nitrogen and oxygen atoms in total. The van der Waals surface area contributed by atoms with Crippen LogP contribution in [0.1, 0.15) is 15.9 Å². The van der Waals surface area contributed by atoms with Crippen LogP contribution in [0.15, 0.2) is 6.07 Å². The Morgan fingerprint density at radius 2 is 1.84 bits per heavy atom. The van der Waals surface area contributed by atoms with Crippen LogP contribution in [0.2, 0.25) is 15.1 Å². The quantitative estimate of drug-likeness (QED) is 0.884. The predicted octanol–water partition coefficient (Wildman–Crippen LogP) is 4.42. The highest BCUT2D eigenvalue weighted by Crippen LogP contribution is 2.34. The van der Waals surface area contributed by atoms with Crippen molar-refractivity contribution in [3.63, 3.8) is 0 Å². The second-order valence-corrected chi connectivity index (χ2v) is 4.61. The molecule has 0 amide bonds. The number of aromatic carboxylic acids is 1. The molecule has 106 valence electrons. The molecule has 1 N–H and O–H groups in total. The zero-order valence-electron chi connectivity index (χ0n) is 9.02. The maximum Gasteiger partial charge on any atom is 0.411 e. The van der Waals surface area contributed by atoms with Gasteiger partial charge in [-0.2, -0.15) is 13.2 Å². The Bertz CT molecular complexity index is 503. The summed E-state index contributed by atoms with van der Waals surface area (Å²) >= 11 is 17.1. The Morgan fingerprint density at radius 3 is 2.32 bits per heavy atom. The fourth-order valence-corrected chi connectivity index (χ4v) is 2.26. The summed E-state index contributed by atoms with van der Waals surface area (Å²) in [7, 11) is 0. The van der Waals surface area contributed by atoms with Crippen molar-refractivity contribution in [3.8, 4) is 0 Å². The molecular formula is C10H6Cl3F3O3. The first-order chi connectivity index (χ1) is 8.63. The van der Waals surface area contributed by atoms with E-state index in [4.69, 9.17) is 39.9 Å². The van der Waals surface area contributed by atoms with E-state index in [2.05, 4.69) is 4.74 Å². The molecule has 1 aromatic rings. The van der Waals surface area contributed by atoms with Crippen LogP contribution >= 0.6 is 34.8 Å². The summed E-state index contributed by atoms with van der Waals surface area (Å²) in [6.45, 7) is -2.07. The van der Waals surface area contributed by atoms with Crippen LogP contribution in [0.4, 0.5) is 13.2 Å². The standard InChI is InChI=1S/C10H6Cl3F3O3/c11-5-1-6(12)7(9(17)18)8(13)4(5)2-19-3-10(14,15)16/h1H,2-3H2,(H,17,18). The summed E-state index contributed by atoms with van der Waals surface area (Å²) in [5, 5.41) is 8.27. The molecule has 0 heterocycles. The normalized spacial score (nSPS) is 11.7. The lowest BCUT2D eigenvalue weighted by atomic mass is 10.1. The van der Waals surface area contributed by atoms with Gasteiger partial charge in [-0.15, -0.1) is 0 Å². The Labute approximate surface area is 120 Å². The highest BCUT2D eigenvalue weighted by molar-refractivity contribution is 6.42. The van der Waals surface area contributed by atoms with Gasteiger partial charge in [0.05, 0.1) is 22.2 Å². The second-order valence-electron chi connectivity index (χ2n) is 3.42. The average Bonchev–Trinajstić information content (AvgIpc) is 2.20. The van der Waals surface area contributed by atoms with Crippen molar-refractivity contribution in [2.24, 2.45) is 0 Å². The number of alkyl halides is 3. The number of hydrogen-bond donors (Lipinski definition) is 1. The molecule has 0 saturated carbocycles. The zero-order valence-corrected chi connectivity index (χ0v) is 11.3. The lowest BCUT2D eigenvalue weighted by molar-refractivity contribution is -0.176. The Kier molecular flexibility index (Phi) is 5.32. The van der Waals surface area contributed by atoms with Crippen LogP contribution in [0.5, 0.6) is 0 Å². The molecule has 0 aromatic heterocycles. The van der Waals surface area contributed by atoms with Crippen LogP contribution in [0.25, 0.3) is 0 Å². The van der Waals surface area contributed by atoms with Crippen molar-refractivity contribution in [3.05, 3.63) is 32.3 Å². The van der Waals surface area contributed by atoms with E-state index in [0.717, 1.165) is 6.07 Å². The fourth-order valence-electron chi connectivity index (χ4n) is 1.23. The first-order valence-corrected chi connectivity index (χ1v) is 5.81. The molecule has 0 spiro atoms. The summed E-state index contributed by atoms with van der Waals surface area (Å²) < 4.78 is 40.2. The molecule has 0 aliphatic carbocycles. The van der Waals surface area contributed by atoms with Crippen molar-refractivity contribution in [2.75, 3.05) is 6.61 Å². The first-order valence-electron chi connectivity index (χ1n) is 4.67. The first kappa shape index (κ1) is 16.4. The van der Waals surface area contributed by atoms with E-state index in [9.17, 15) is 18.0 Å². The smallest absolute Gasteiger partial charge is 0.411 e. The summed E-state index contributed by atoms with van der Waals surface area (Å²) in [6, 6.07) is 1.09. The number of ether oxygens (including phenoxy) is 1. The van der Waals surface area contributed by atoms with Gasteiger partial charge in [0, 0.05) is 10.6 Å². The molecule has 0 fully saturated rings. The van der Waals surface area contributed by atoms with E-state index in [1.165, 1.54) is 0 Å². The third kappa shape index (κ3) is 4.42. The molecular weight excluding hydrogens is 331 g/mol. The monoisotopic (exact) mass is 336 g/mol. The van der Waals surface area contributed by atoms with Gasteiger partial charge < -0.3 is 9.84 Å². The van der Waals surface area contributed by atoms with E-state index in [-0.39, 0.29) is 20.6 Å². The van der Waals surface area contributed by atoms with Gasteiger partial charge in [0.15, 0.2) is 0 Å². The Morgan fingerprint density at radius 1 is 1.26 bits per heavy atom. The lowest BCUT2D eigenvalue weighted by Gasteiger charge is -2.12. The van der Waals surface area contributed by atoms with Crippen LogP contribution in [-0.2, 0) is 11.3 Å². The van der Waals surface area contributed by atoms with E-state index >= 15 is 0 Å². The van der Waals surface area contributed by atoms with Gasteiger partial charge in [-0.05, 0) is 6.07 Å². The van der Waals surface area contributed by atoms with E-state index in [1.807, 2.05) is 0 Å². The van der Waals surface area contributed by atoms with Gasteiger partial charge in [0.1, 0.15) is 6.61 Å². The molecule has 0 atom stereocenters. The maximum absolute atomic E-state index is 11.9. The minimum atomic E-state index is -4.50. The van der Waals surface area contributed by atoms with Crippen molar-refractivity contribution in [1.82, 2.24) is 0 Å². The maximum atomic E-state index is 11.9. The number of carboxylic acid groups (broad SMARTS) is 1. The zero-order chi connectivity index (χ0) is 14.8. The minimum Gasteiger partial charge on any atom is -0.478 e. The summed E-state index contributed by atoms with van der Waals surface area (Å²) in [5.41, 5.74) is -0.493. The van der Waals surface area contributed by atoms with Crippen molar-refractivity contribution < 1.29 is 27.8 Å². The van der Waals surface area contributed by atoms with Gasteiger partial charge in [-0.25, -0.2) is 4.79 Å². The number of benzene rings is 1. The van der Waals surface area contributed by atoms with Crippen molar-refractivity contribution >= 4 is 40.8 Å². The lowest BCUT2D eigenvalue weighted by Crippen LogP contribution is -2.17. The molecule has 0 aliphatic rings. The number of carboxylic acids is 1. The van der Waals surface area contributed by atoms with Gasteiger partial charge in [0.25, 0.3) is 0 Å². The fraction of sp³-hybridized carbons (Fsp3) is 0.300. The van der Waals surface area contributed by atoms with E-state index in [1.54, 1.807) is 0 Å². The van der Waals surface area contributed by atoms with Crippen LogP contribution < -0.4 is 0 Å². The van der Waals surface area contributed by atoms with Crippen LogP contribution in [0.3, 0.4) is 0 Å². The largest absolute Gasteiger partial charge is 0.478 e. The third-order valence-corrected chi connectivity index (χ3v) is 3.04. The van der Waals surface area contributed by atoms with Crippen LogP contribution in [0, 0.1) is 0 Å². The molecule has 1 aromatic carbocycles. The number of halogens is 6. The Balaban J connectivity index is 3.01. The molecule has 0 radical (unpaired) electrons. The van der Waals surface area contributed by atoms with Gasteiger partial charge >= 0.3 is 12.1 Å². The van der Waals surface area contributed by atoms with Gasteiger partial charge in [-0.3, -0.25) is 0 Å². The molecule has 9 heteroatoms. The predicted molar refractivity (Wildman–Crippen MR) is 64.1 cm³/mol. The Hall–Kier alpha value is -0.690. The second kappa shape index (κ2) is 6.17. The topological polar surface area (TPSA) is 46.5 Å². The van der Waals surface area contributed by atoms with Gasteiger partial charge in [0.2, 0.25) is 0 Å². The number of rotatable bonds is 4. The van der Waals surface area contributed by atoms with Gasteiger partial charge in [-0.1, -0.05) is 34.8 Å². The van der Waals surface area contributed by atoms with Crippen molar-refractivity contribution in [2.45, 2.75) is 12.8 Å². The SMILES string of the molecule is O=C(O)c1c(Cl)cc(Cl)c(COCC(F)(F)F)c1Cl. The summed E-state index contributed by atoms with van der Waals surface area (Å²) in [4.78, 5) is 10.9. The number of hydrogen-bond acceptors (Lipinski definition) is 2. The molecule has 19 heavy (non-hydrogen) atoms. The summed E-state index contributed by atoms with van der Waals surface area (Å²) in [5.74, 6) is -1.41. The molecule has 1 rings (SSSR count). The molecule has 0 unspecified atom stereocenters. The van der Waals surface area contributed by atoms with Crippen LogP contribution in [-0.4, -0.2) is 23.9 Å². The highest BCUT2D eigenvalue weighted by Gasteiger charge is 2.28.